The van der Waals surface area contributed by atoms with E-state index in [0.717, 1.165) is 5.56 Å². The lowest BCUT2D eigenvalue weighted by Gasteiger charge is -2.28. The lowest BCUT2D eigenvalue weighted by molar-refractivity contribution is -0.143. The van der Waals surface area contributed by atoms with E-state index in [1.54, 1.807) is 42.3 Å². The van der Waals surface area contributed by atoms with E-state index in [4.69, 9.17) is 9.47 Å². The van der Waals surface area contributed by atoms with Gasteiger partial charge in [-0.05, 0) is 24.6 Å². The summed E-state index contributed by atoms with van der Waals surface area (Å²) in [4.78, 5) is 26.1. The van der Waals surface area contributed by atoms with Gasteiger partial charge in [0.25, 0.3) is 5.91 Å². The van der Waals surface area contributed by atoms with E-state index < -0.39 is 22.9 Å². The summed E-state index contributed by atoms with van der Waals surface area (Å²) in [6.07, 6.45) is 0.762. The summed E-state index contributed by atoms with van der Waals surface area (Å²) in [6, 6.07) is 6.79. The van der Waals surface area contributed by atoms with Crippen LogP contribution in [0.3, 0.4) is 0 Å². The zero-order chi connectivity index (χ0) is 16.8. The van der Waals surface area contributed by atoms with Crippen LogP contribution in [0.25, 0.3) is 0 Å². The molecule has 6 nitrogen and oxygen atoms in total. The minimum absolute atomic E-state index is 0.215. The molecule has 1 aliphatic rings. The van der Waals surface area contributed by atoms with Gasteiger partial charge in [-0.3, -0.25) is 9.00 Å². The van der Waals surface area contributed by atoms with E-state index in [-0.39, 0.29) is 5.91 Å². The molecule has 0 aromatic heterocycles. The second kappa shape index (κ2) is 8.21. The van der Waals surface area contributed by atoms with Gasteiger partial charge in [-0.1, -0.05) is 12.1 Å². The van der Waals surface area contributed by atoms with Gasteiger partial charge in [0.2, 0.25) is 0 Å². The summed E-state index contributed by atoms with van der Waals surface area (Å²) in [7, 11) is -0.984. The van der Waals surface area contributed by atoms with Crippen LogP contribution in [0.5, 0.6) is 0 Å². The van der Waals surface area contributed by atoms with Gasteiger partial charge >= 0.3 is 5.97 Å². The largest absolute Gasteiger partial charge is 0.449 e. The lowest BCUT2D eigenvalue weighted by Crippen LogP contribution is -2.46. The average molecular weight is 339 g/mol. The number of carbonyl (C=O) groups is 2. The van der Waals surface area contributed by atoms with E-state index in [0.29, 0.717) is 37.6 Å². The summed E-state index contributed by atoms with van der Waals surface area (Å²) >= 11 is 0. The Bertz CT molecular complexity index is 598. The average Bonchev–Trinajstić information content (AvgIpc) is 2.54. The number of amides is 1. The highest BCUT2D eigenvalue weighted by molar-refractivity contribution is 7.83. The van der Waals surface area contributed by atoms with Crippen LogP contribution in [0.1, 0.15) is 22.8 Å². The molecule has 1 fully saturated rings. The Labute approximate surface area is 138 Å². The maximum atomic E-state index is 12.2. The van der Waals surface area contributed by atoms with Crippen LogP contribution in [0.2, 0.25) is 0 Å². The number of nitrogens with zero attached hydrogens (tertiary/aromatic N) is 1. The molecule has 1 aromatic rings. The van der Waals surface area contributed by atoms with E-state index in [1.165, 1.54) is 0 Å². The topological polar surface area (TPSA) is 72.9 Å². The minimum Gasteiger partial charge on any atom is -0.449 e. The molecular formula is C16H21NO5S. The highest BCUT2D eigenvalue weighted by Crippen LogP contribution is 2.11. The molecule has 23 heavy (non-hydrogen) atoms. The van der Waals surface area contributed by atoms with Gasteiger partial charge in [0, 0.05) is 35.9 Å². The number of hydrogen-bond donors (Lipinski definition) is 0. The SMILES string of the molecule is CC(OC(=O)c1cccc(CS(C)=O)c1)C(=O)N1CCOCC1. The molecule has 1 aromatic carbocycles. The molecule has 0 radical (unpaired) electrons. The fourth-order valence-corrected chi connectivity index (χ4v) is 2.99. The van der Waals surface area contributed by atoms with Gasteiger partial charge < -0.3 is 14.4 Å². The Morgan fingerprint density at radius 2 is 2.04 bits per heavy atom. The van der Waals surface area contributed by atoms with Gasteiger partial charge in [-0.2, -0.15) is 0 Å². The monoisotopic (exact) mass is 339 g/mol. The number of morpholine rings is 1. The molecule has 1 heterocycles. The molecule has 1 amide bonds. The molecule has 1 aliphatic heterocycles. The predicted octanol–water partition coefficient (Wildman–Crippen LogP) is 0.969. The molecule has 1 saturated heterocycles. The predicted molar refractivity (Wildman–Crippen MR) is 86.5 cm³/mol. The number of esters is 1. The summed E-state index contributed by atoms with van der Waals surface area (Å²) in [5.41, 5.74) is 1.15. The standard InChI is InChI=1S/C16H21NO5S/c1-12(15(18)17-6-8-21-9-7-17)22-16(19)14-5-3-4-13(10-14)11-23(2)20/h3-5,10,12H,6-9,11H2,1-2H3. The molecular weight excluding hydrogens is 318 g/mol. The molecule has 0 saturated carbocycles. The summed E-state index contributed by atoms with van der Waals surface area (Å²) in [5.74, 6) is -0.390. The highest BCUT2D eigenvalue weighted by Gasteiger charge is 2.25. The van der Waals surface area contributed by atoms with Crippen LogP contribution in [0.4, 0.5) is 0 Å². The van der Waals surface area contributed by atoms with Crippen LogP contribution in [-0.4, -0.2) is 59.6 Å². The van der Waals surface area contributed by atoms with Crippen molar-refractivity contribution >= 4 is 22.7 Å². The van der Waals surface area contributed by atoms with Gasteiger partial charge in [0.15, 0.2) is 6.10 Å². The summed E-state index contributed by atoms with van der Waals surface area (Å²) < 4.78 is 21.7. The third-order valence-electron chi connectivity index (χ3n) is 3.49. The Morgan fingerprint density at radius 1 is 1.35 bits per heavy atom. The second-order valence-electron chi connectivity index (χ2n) is 5.40. The third kappa shape index (κ3) is 5.14. The van der Waals surface area contributed by atoms with Crippen molar-refractivity contribution in [3.63, 3.8) is 0 Å². The summed E-state index contributed by atoms with van der Waals surface area (Å²) in [5, 5.41) is 0. The molecule has 2 rings (SSSR count). The van der Waals surface area contributed by atoms with Crippen molar-refractivity contribution in [1.29, 1.82) is 0 Å². The van der Waals surface area contributed by atoms with Crippen molar-refractivity contribution in [3.8, 4) is 0 Å². The molecule has 0 aliphatic carbocycles. The van der Waals surface area contributed by atoms with Crippen LogP contribution in [0, 0.1) is 0 Å². The van der Waals surface area contributed by atoms with Crippen LogP contribution in [-0.2, 0) is 30.8 Å². The molecule has 7 heteroatoms. The van der Waals surface area contributed by atoms with E-state index in [1.807, 2.05) is 0 Å². The van der Waals surface area contributed by atoms with Crippen LogP contribution < -0.4 is 0 Å². The molecule has 0 bridgehead atoms. The lowest BCUT2D eigenvalue weighted by atomic mass is 10.1. The first-order valence-corrected chi connectivity index (χ1v) is 9.16. The molecule has 126 valence electrons. The van der Waals surface area contributed by atoms with Crippen molar-refractivity contribution in [2.45, 2.75) is 18.8 Å². The van der Waals surface area contributed by atoms with Crippen LogP contribution in [0.15, 0.2) is 24.3 Å². The van der Waals surface area contributed by atoms with Crippen molar-refractivity contribution in [2.75, 3.05) is 32.6 Å². The van der Waals surface area contributed by atoms with Crippen molar-refractivity contribution in [2.24, 2.45) is 0 Å². The number of ether oxygens (including phenoxy) is 2. The van der Waals surface area contributed by atoms with E-state index in [2.05, 4.69) is 0 Å². The Kier molecular flexibility index (Phi) is 6.29. The summed E-state index contributed by atoms with van der Waals surface area (Å²) in [6.45, 7) is 3.60. The molecule has 0 spiro atoms. The number of carbonyl (C=O) groups excluding carboxylic acids is 2. The minimum atomic E-state index is -0.984. The van der Waals surface area contributed by atoms with Gasteiger partial charge in [-0.15, -0.1) is 0 Å². The highest BCUT2D eigenvalue weighted by atomic mass is 32.2. The van der Waals surface area contributed by atoms with Crippen LogP contribution >= 0.6 is 0 Å². The first kappa shape index (κ1) is 17.6. The van der Waals surface area contributed by atoms with Crippen molar-refractivity contribution < 1.29 is 23.3 Å². The maximum Gasteiger partial charge on any atom is 0.338 e. The van der Waals surface area contributed by atoms with E-state index in [9.17, 15) is 13.8 Å². The second-order valence-corrected chi connectivity index (χ2v) is 6.84. The first-order valence-electron chi connectivity index (χ1n) is 7.44. The van der Waals surface area contributed by atoms with E-state index >= 15 is 0 Å². The number of hydrogen-bond acceptors (Lipinski definition) is 5. The number of rotatable bonds is 5. The van der Waals surface area contributed by atoms with Gasteiger partial charge in [-0.25, -0.2) is 4.79 Å². The number of benzene rings is 1. The first-order chi connectivity index (χ1) is 11.0. The van der Waals surface area contributed by atoms with Crippen molar-refractivity contribution in [3.05, 3.63) is 35.4 Å². The third-order valence-corrected chi connectivity index (χ3v) is 4.23. The molecule has 2 atom stereocenters. The molecule has 2 unspecified atom stereocenters. The zero-order valence-corrected chi connectivity index (χ0v) is 14.1. The normalized spacial score (nSPS) is 17.4. The zero-order valence-electron chi connectivity index (χ0n) is 13.3. The van der Waals surface area contributed by atoms with Gasteiger partial charge in [0.05, 0.1) is 18.8 Å². The fraction of sp³-hybridized carbons (Fsp3) is 0.500. The Balaban J connectivity index is 1.97. The van der Waals surface area contributed by atoms with Gasteiger partial charge in [0.1, 0.15) is 0 Å². The quantitative estimate of drug-likeness (QED) is 0.748. The Morgan fingerprint density at radius 3 is 2.70 bits per heavy atom. The van der Waals surface area contributed by atoms with Crippen molar-refractivity contribution in [1.82, 2.24) is 4.90 Å². The fourth-order valence-electron chi connectivity index (χ4n) is 2.34. The maximum absolute atomic E-state index is 12.2. The molecule has 0 N–H and O–H groups in total. The Hall–Kier alpha value is -1.73. The smallest absolute Gasteiger partial charge is 0.338 e.